The third-order valence-corrected chi connectivity index (χ3v) is 4.82. The fourth-order valence-electron chi connectivity index (χ4n) is 2.52. The number of nitrogens with zero attached hydrogens (tertiary/aromatic N) is 4. The fraction of sp³-hybridized carbons (Fsp3) is 0.353. The van der Waals surface area contributed by atoms with Gasteiger partial charge in [0.1, 0.15) is 0 Å². The zero-order valence-corrected chi connectivity index (χ0v) is 14.2. The molecule has 1 amide bonds. The number of para-hydroxylation sites is 1. The molecule has 2 heterocycles. The molecule has 0 aliphatic heterocycles. The van der Waals surface area contributed by atoms with Crippen LogP contribution in [-0.2, 0) is 24.8 Å². The first-order chi connectivity index (χ1) is 11.1. The first-order valence-electron chi connectivity index (χ1n) is 7.68. The van der Waals surface area contributed by atoms with Gasteiger partial charge in [-0.1, -0.05) is 12.1 Å². The van der Waals surface area contributed by atoms with Crippen LogP contribution in [0.4, 0.5) is 0 Å². The van der Waals surface area contributed by atoms with Gasteiger partial charge >= 0.3 is 0 Å². The van der Waals surface area contributed by atoms with E-state index < -0.39 is 0 Å². The Kier molecular flexibility index (Phi) is 4.71. The summed E-state index contributed by atoms with van der Waals surface area (Å²) in [5, 5.41) is 5.23. The predicted molar refractivity (Wildman–Crippen MR) is 92.2 cm³/mol. The van der Waals surface area contributed by atoms with Crippen LogP contribution in [0.1, 0.15) is 23.4 Å². The quantitative estimate of drug-likeness (QED) is 0.699. The molecule has 0 aliphatic rings. The van der Waals surface area contributed by atoms with Crippen LogP contribution in [-0.4, -0.2) is 32.6 Å². The Morgan fingerprint density at radius 3 is 2.91 bits per heavy atom. The number of carbonyl (C=O) groups excluding carboxylic acids is 1. The van der Waals surface area contributed by atoms with Gasteiger partial charge in [0.05, 0.1) is 21.4 Å². The van der Waals surface area contributed by atoms with Gasteiger partial charge in [-0.05, 0) is 25.0 Å². The van der Waals surface area contributed by atoms with Crippen molar-refractivity contribution in [2.24, 2.45) is 7.05 Å². The summed E-state index contributed by atoms with van der Waals surface area (Å²) in [6.07, 6.45) is 5.96. The number of hydrogen-bond donors (Lipinski definition) is 0. The van der Waals surface area contributed by atoms with Gasteiger partial charge in [-0.2, -0.15) is 5.10 Å². The average Bonchev–Trinajstić information content (AvgIpc) is 3.12. The van der Waals surface area contributed by atoms with Crippen LogP contribution < -0.4 is 0 Å². The molecule has 0 saturated carbocycles. The normalized spacial score (nSPS) is 11.0. The second-order valence-electron chi connectivity index (χ2n) is 5.70. The minimum Gasteiger partial charge on any atom is -0.341 e. The van der Waals surface area contributed by atoms with E-state index in [2.05, 4.69) is 16.1 Å². The number of aryl methyl sites for hydroxylation is 2. The van der Waals surface area contributed by atoms with Gasteiger partial charge in [0, 0.05) is 38.8 Å². The SMILES string of the molecule is CN(Cc1cnn(C)c1)C(=O)CCCc1nc2ccccc2s1. The number of fused-ring (bicyclic) bond motifs is 1. The van der Waals surface area contributed by atoms with Crippen molar-refractivity contribution in [3.05, 3.63) is 47.2 Å². The number of thiazole rings is 1. The zero-order chi connectivity index (χ0) is 16.2. The lowest BCUT2D eigenvalue weighted by atomic mass is 10.2. The number of benzene rings is 1. The molecule has 2 aromatic heterocycles. The van der Waals surface area contributed by atoms with E-state index in [0.717, 1.165) is 28.9 Å². The Morgan fingerprint density at radius 1 is 1.35 bits per heavy atom. The molecule has 0 bridgehead atoms. The molecule has 0 N–H and O–H groups in total. The van der Waals surface area contributed by atoms with Gasteiger partial charge < -0.3 is 4.90 Å². The standard InChI is InChI=1S/C17H20N4OS/c1-20(11-13-10-18-21(2)12-13)17(22)9-5-8-16-19-14-6-3-4-7-15(14)23-16/h3-4,6-7,10,12H,5,8-9,11H2,1-2H3. The van der Waals surface area contributed by atoms with Crippen LogP contribution >= 0.6 is 11.3 Å². The Labute approximate surface area is 139 Å². The van der Waals surface area contributed by atoms with E-state index in [9.17, 15) is 4.79 Å². The highest BCUT2D eigenvalue weighted by molar-refractivity contribution is 7.18. The molecular weight excluding hydrogens is 308 g/mol. The van der Waals surface area contributed by atoms with Crippen molar-refractivity contribution in [3.8, 4) is 0 Å². The van der Waals surface area contributed by atoms with E-state index in [1.54, 1.807) is 27.1 Å². The van der Waals surface area contributed by atoms with Gasteiger partial charge in [0.2, 0.25) is 5.91 Å². The first kappa shape index (κ1) is 15.7. The molecule has 0 spiro atoms. The van der Waals surface area contributed by atoms with Crippen LogP contribution in [0.25, 0.3) is 10.2 Å². The van der Waals surface area contributed by atoms with E-state index in [1.807, 2.05) is 38.5 Å². The highest BCUT2D eigenvalue weighted by Gasteiger charge is 2.11. The maximum Gasteiger partial charge on any atom is 0.222 e. The number of rotatable bonds is 6. The molecule has 0 radical (unpaired) electrons. The van der Waals surface area contributed by atoms with Gasteiger partial charge in [0.15, 0.2) is 0 Å². The Balaban J connectivity index is 1.48. The third-order valence-electron chi connectivity index (χ3n) is 3.72. The largest absolute Gasteiger partial charge is 0.341 e. The zero-order valence-electron chi connectivity index (χ0n) is 13.4. The minimum atomic E-state index is 0.162. The number of aromatic nitrogens is 3. The molecular formula is C17H20N4OS. The summed E-state index contributed by atoms with van der Waals surface area (Å²) in [5.41, 5.74) is 2.10. The second-order valence-corrected chi connectivity index (χ2v) is 6.82. The second kappa shape index (κ2) is 6.91. The number of carbonyl (C=O) groups is 1. The summed E-state index contributed by atoms with van der Waals surface area (Å²) in [6.45, 7) is 0.605. The molecule has 23 heavy (non-hydrogen) atoms. The smallest absolute Gasteiger partial charge is 0.222 e. The van der Waals surface area contributed by atoms with Crippen LogP contribution in [0.5, 0.6) is 0 Å². The predicted octanol–water partition coefficient (Wildman–Crippen LogP) is 3.01. The third kappa shape index (κ3) is 3.96. The van der Waals surface area contributed by atoms with Gasteiger partial charge in [0.25, 0.3) is 0 Å². The van der Waals surface area contributed by atoms with Crippen molar-refractivity contribution in [3.63, 3.8) is 0 Å². The van der Waals surface area contributed by atoms with Crippen molar-refractivity contribution in [1.82, 2.24) is 19.7 Å². The highest BCUT2D eigenvalue weighted by Crippen LogP contribution is 2.22. The Morgan fingerprint density at radius 2 is 2.17 bits per heavy atom. The molecule has 0 fully saturated rings. The van der Waals surface area contributed by atoms with E-state index in [0.29, 0.717) is 13.0 Å². The van der Waals surface area contributed by atoms with Crippen molar-refractivity contribution < 1.29 is 4.79 Å². The average molecular weight is 328 g/mol. The van der Waals surface area contributed by atoms with Crippen molar-refractivity contribution in [2.75, 3.05) is 7.05 Å². The lowest BCUT2D eigenvalue weighted by Crippen LogP contribution is -2.25. The molecule has 6 heteroatoms. The molecule has 1 aromatic carbocycles. The molecule has 120 valence electrons. The summed E-state index contributed by atoms with van der Waals surface area (Å²) in [6, 6.07) is 8.15. The summed E-state index contributed by atoms with van der Waals surface area (Å²) in [5.74, 6) is 0.162. The van der Waals surface area contributed by atoms with Crippen molar-refractivity contribution in [1.29, 1.82) is 0 Å². The number of amides is 1. The minimum absolute atomic E-state index is 0.162. The molecule has 3 rings (SSSR count). The van der Waals surface area contributed by atoms with Crippen LogP contribution in [0.3, 0.4) is 0 Å². The van der Waals surface area contributed by atoms with Crippen molar-refractivity contribution >= 4 is 27.5 Å². The molecule has 0 atom stereocenters. The summed E-state index contributed by atoms with van der Waals surface area (Å²) < 4.78 is 2.96. The summed E-state index contributed by atoms with van der Waals surface area (Å²) in [7, 11) is 3.72. The van der Waals surface area contributed by atoms with Gasteiger partial charge in [-0.15, -0.1) is 11.3 Å². The van der Waals surface area contributed by atoms with Gasteiger partial charge in [-0.3, -0.25) is 9.48 Å². The van der Waals surface area contributed by atoms with E-state index in [-0.39, 0.29) is 5.91 Å². The Bertz CT molecular complexity index is 775. The summed E-state index contributed by atoms with van der Waals surface area (Å²) >= 11 is 1.72. The van der Waals surface area contributed by atoms with E-state index in [1.165, 1.54) is 4.70 Å². The maximum absolute atomic E-state index is 12.2. The number of hydrogen-bond acceptors (Lipinski definition) is 4. The van der Waals surface area contributed by atoms with E-state index >= 15 is 0 Å². The van der Waals surface area contributed by atoms with Crippen LogP contribution in [0, 0.1) is 0 Å². The van der Waals surface area contributed by atoms with Crippen LogP contribution in [0.2, 0.25) is 0 Å². The Hall–Kier alpha value is -2.21. The fourth-order valence-corrected chi connectivity index (χ4v) is 3.53. The first-order valence-corrected chi connectivity index (χ1v) is 8.49. The molecule has 3 aromatic rings. The molecule has 0 unspecified atom stereocenters. The lowest BCUT2D eigenvalue weighted by molar-refractivity contribution is -0.130. The highest BCUT2D eigenvalue weighted by atomic mass is 32.1. The van der Waals surface area contributed by atoms with Crippen LogP contribution in [0.15, 0.2) is 36.7 Å². The topological polar surface area (TPSA) is 51.0 Å². The monoisotopic (exact) mass is 328 g/mol. The molecule has 5 nitrogen and oxygen atoms in total. The molecule has 0 aliphatic carbocycles. The maximum atomic E-state index is 12.2. The van der Waals surface area contributed by atoms with Crippen molar-refractivity contribution in [2.45, 2.75) is 25.8 Å². The lowest BCUT2D eigenvalue weighted by Gasteiger charge is -2.15. The summed E-state index contributed by atoms with van der Waals surface area (Å²) in [4.78, 5) is 18.6. The van der Waals surface area contributed by atoms with E-state index in [4.69, 9.17) is 0 Å². The molecule has 0 saturated heterocycles. The van der Waals surface area contributed by atoms with Gasteiger partial charge in [-0.25, -0.2) is 4.98 Å².